The van der Waals surface area contributed by atoms with Gasteiger partial charge in [0.25, 0.3) is 0 Å². The minimum Gasteiger partial charge on any atom is -0.603 e. The summed E-state index contributed by atoms with van der Waals surface area (Å²) in [6, 6.07) is 19.3. The van der Waals surface area contributed by atoms with Crippen LogP contribution in [0.25, 0.3) is 10.8 Å². The van der Waals surface area contributed by atoms with E-state index in [1.165, 1.54) is 12.5 Å². The molecule has 3 aromatic carbocycles. The number of nitrogens with zero attached hydrogens (tertiary/aromatic N) is 1. The second kappa shape index (κ2) is 18.4. The minimum absolute atomic E-state index is 0.0219. The maximum atomic E-state index is 14.1. The normalized spacial score (nSPS) is 13.6. The fourth-order valence-corrected chi connectivity index (χ4v) is 5.69. The molecule has 14 heteroatoms. The molecule has 0 bridgehead atoms. The van der Waals surface area contributed by atoms with Crippen molar-refractivity contribution < 1.29 is 39.5 Å². The number of fused-ring (bicyclic) bond motifs is 1. The lowest BCUT2D eigenvalue weighted by atomic mass is 9.98. The predicted molar refractivity (Wildman–Crippen MR) is 183 cm³/mol. The predicted octanol–water partition coefficient (Wildman–Crippen LogP) is 3.28. The lowest BCUT2D eigenvalue weighted by Gasteiger charge is -2.25. The maximum Gasteiger partial charge on any atom is 0.408 e. The third kappa shape index (κ3) is 11.8. The zero-order valence-corrected chi connectivity index (χ0v) is 28.3. The molecule has 258 valence electrons. The molecule has 3 amide bonds. The minimum atomic E-state index is -2.64. The molecule has 0 fully saturated rings. The van der Waals surface area contributed by atoms with Crippen LogP contribution in [-0.4, -0.2) is 65.1 Å². The first-order chi connectivity index (χ1) is 24.0. The number of aromatic amines is 1. The number of benzene rings is 3. The Kier molecular flexibility index (Phi) is 13.3. The number of aromatic nitrogens is 2. The van der Waals surface area contributed by atoms with E-state index in [-0.39, 0.29) is 31.8 Å². The van der Waals surface area contributed by atoms with Crippen LogP contribution in [0.1, 0.15) is 37.1 Å². The van der Waals surface area contributed by atoms with Crippen LogP contribution in [0.2, 0.25) is 1.41 Å². The van der Waals surface area contributed by atoms with Crippen LogP contribution in [0.3, 0.4) is 0 Å². The molecule has 49 heavy (non-hydrogen) atoms. The van der Waals surface area contributed by atoms with E-state index in [4.69, 9.17) is 10.7 Å². The molecule has 0 radical (unpaired) electrons. The molecule has 13 nitrogen and oxygen atoms in total. The smallest absolute Gasteiger partial charge is 0.408 e. The number of carbonyl (C=O) groups excluding carboxylic acids is 4. The van der Waals surface area contributed by atoms with Crippen LogP contribution >= 0.6 is 8.00 Å². The quantitative estimate of drug-likeness (QED) is 0.0779. The number of carbonyl (C=O) groups is 4. The average Bonchev–Trinajstić information content (AvgIpc) is 3.62. The molecular weight excluding hydrogens is 649 g/mol. The monoisotopic (exact) mass is 690 g/mol. The van der Waals surface area contributed by atoms with Crippen molar-refractivity contribution in [1.29, 1.82) is 0 Å². The first-order valence-electron chi connectivity index (χ1n) is 16.1. The number of imidazole rings is 1. The van der Waals surface area contributed by atoms with Crippen molar-refractivity contribution >= 4 is 48.4 Å². The van der Waals surface area contributed by atoms with E-state index in [0.29, 0.717) is 22.1 Å². The lowest BCUT2D eigenvalue weighted by Crippen LogP contribution is -2.56. The van der Waals surface area contributed by atoms with Gasteiger partial charge in [0.2, 0.25) is 25.6 Å². The van der Waals surface area contributed by atoms with Gasteiger partial charge in [-0.25, -0.2) is 14.6 Å². The van der Waals surface area contributed by atoms with E-state index >= 15 is 0 Å². The molecular formula is C35H40N5O8P. The highest BCUT2D eigenvalue weighted by atomic mass is 31.1. The summed E-state index contributed by atoms with van der Waals surface area (Å²) in [6.45, 7) is 3.61. The van der Waals surface area contributed by atoms with Gasteiger partial charge in [-0.15, -0.1) is 0 Å². The summed E-state index contributed by atoms with van der Waals surface area (Å²) in [5, 5.41) is 7.59. The first kappa shape index (κ1) is 35.2. The highest BCUT2D eigenvalue weighted by molar-refractivity contribution is 7.47. The van der Waals surface area contributed by atoms with E-state index < -0.39 is 50.2 Å². The summed E-state index contributed by atoms with van der Waals surface area (Å²) in [6.07, 6.45) is 0.857. The van der Waals surface area contributed by atoms with E-state index in [2.05, 4.69) is 25.3 Å². The van der Waals surface area contributed by atoms with Gasteiger partial charge < -0.3 is 35.3 Å². The molecule has 0 spiro atoms. The highest BCUT2D eigenvalue weighted by Crippen LogP contribution is 2.21. The second-order valence-electron chi connectivity index (χ2n) is 11.5. The van der Waals surface area contributed by atoms with Crippen molar-refractivity contribution in [3.63, 3.8) is 0 Å². The standard InChI is InChI=1S/C35H40N5O8P/c1-23(2)16-31(48-49(45)21-32(41)46-3)40-34(43)30(18-27-19-36-22-37-27)38-33(42)29(39-35(44)47-20-24-10-5-4-6-11-24)17-26-14-9-13-25-12-7-8-15-28(25)26/h4-15,19,21-23,29-31H,16-18,20H2,1-3H3,(H,36,37)(H,38,42)(H,39,44)(H,40,43)/t29-,30+,31+/m1/s1/i/hD. The summed E-state index contributed by atoms with van der Waals surface area (Å²) >= 11 is 0. The maximum absolute atomic E-state index is 14.1. The van der Waals surface area contributed by atoms with E-state index in [1.807, 2.05) is 56.3 Å². The fourth-order valence-electron chi connectivity index (χ4n) is 4.96. The molecule has 1 aromatic heterocycles. The number of rotatable bonds is 16. The van der Waals surface area contributed by atoms with Crippen LogP contribution in [0.4, 0.5) is 4.79 Å². The van der Waals surface area contributed by atoms with Crippen molar-refractivity contribution in [3.05, 3.63) is 102 Å². The number of esters is 1. The van der Waals surface area contributed by atoms with E-state index in [0.717, 1.165) is 23.7 Å². The van der Waals surface area contributed by atoms with Crippen molar-refractivity contribution in [3.8, 4) is 0 Å². The largest absolute Gasteiger partial charge is 0.603 e. The highest BCUT2D eigenvalue weighted by Gasteiger charge is 2.31. The van der Waals surface area contributed by atoms with Crippen molar-refractivity contribution in [1.82, 2.24) is 25.9 Å². The molecule has 0 aliphatic carbocycles. The fraction of sp³-hybridized carbons (Fsp3) is 0.314. The van der Waals surface area contributed by atoms with Gasteiger partial charge in [-0.05, 0) is 34.2 Å². The van der Waals surface area contributed by atoms with E-state index in [1.54, 1.807) is 30.3 Å². The van der Waals surface area contributed by atoms with Crippen LogP contribution in [0.5, 0.6) is 0 Å². The van der Waals surface area contributed by atoms with Crippen LogP contribution in [0.15, 0.2) is 85.3 Å². The Morgan fingerprint density at radius 3 is 2.39 bits per heavy atom. The molecule has 1 heterocycles. The number of ether oxygens (including phenoxy) is 2. The van der Waals surface area contributed by atoms with E-state index in [9.17, 15) is 24.1 Å². The summed E-state index contributed by atoms with van der Waals surface area (Å²) in [5.41, 5.74) is 1.90. The zero-order valence-electron chi connectivity index (χ0n) is 28.4. The Hall–Kier alpha value is -5.10. The lowest BCUT2D eigenvalue weighted by molar-refractivity contribution is -0.177. The third-order valence-corrected chi connectivity index (χ3v) is 8.19. The first-order valence-corrected chi connectivity index (χ1v) is 16.9. The number of hydrogen-bond acceptors (Lipinski definition) is 9. The molecule has 4 N–H and O–H groups in total. The number of H-pyrrole nitrogens is 1. The van der Waals surface area contributed by atoms with Gasteiger partial charge in [0, 0.05) is 24.7 Å². The topological polar surface area (TPSA) is 184 Å². The summed E-state index contributed by atoms with van der Waals surface area (Å²) < 4.78 is 24.2. The molecule has 1 unspecified atom stereocenters. The Balaban J connectivity index is 1.61. The summed E-state index contributed by atoms with van der Waals surface area (Å²) in [4.78, 5) is 72.1. The number of methoxy groups -OCH3 is 1. The Bertz CT molecular complexity index is 1770. The molecule has 4 atom stereocenters. The number of alkyl carbamates (subject to hydrolysis) is 1. The van der Waals surface area contributed by atoms with Gasteiger partial charge in [0.05, 0.1) is 13.4 Å². The molecule has 0 saturated heterocycles. The van der Waals surface area contributed by atoms with Gasteiger partial charge in [-0.3, -0.25) is 9.59 Å². The Labute approximate surface area is 286 Å². The van der Waals surface area contributed by atoms with Gasteiger partial charge >= 0.3 is 12.1 Å². The van der Waals surface area contributed by atoms with Gasteiger partial charge in [0.15, 0.2) is 7.64 Å². The Morgan fingerprint density at radius 1 is 0.959 bits per heavy atom. The number of amides is 3. The zero-order chi connectivity index (χ0) is 36.0. The van der Waals surface area contributed by atoms with Crippen molar-refractivity contribution in [2.45, 2.75) is 58.0 Å². The van der Waals surface area contributed by atoms with Crippen LogP contribution < -0.4 is 20.8 Å². The van der Waals surface area contributed by atoms with Crippen LogP contribution in [0, 0.1) is 5.92 Å². The van der Waals surface area contributed by atoms with Gasteiger partial charge in [-0.2, -0.15) is 4.52 Å². The average molecular weight is 691 g/mol. The molecule has 0 aliphatic rings. The Morgan fingerprint density at radius 2 is 1.67 bits per heavy atom. The third-order valence-electron chi connectivity index (χ3n) is 7.31. The van der Waals surface area contributed by atoms with Crippen LogP contribution in [-0.2, 0) is 47.8 Å². The molecule has 4 rings (SSSR count). The SMILES string of the molecule is [2H]N(C(=O)OCc1ccccc1)[C@H](Cc1cccc2ccccc12)C(=O)N[C@@H](Cc1cnc[nH]1)C(=O)N[C@H](CC(C)C)O[P+]([O-])=CC(=O)OC. The summed E-state index contributed by atoms with van der Waals surface area (Å²) in [7, 11) is -1.51. The van der Waals surface area contributed by atoms with Gasteiger partial charge in [-0.1, -0.05) is 86.6 Å². The molecule has 0 aliphatic heterocycles. The number of hydrogen-bond donors (Lipinski definition) is 4. The van der Waals surface area contributed by atoms with Crippen molar-refractivity contribution in [2.24, 2.45) is 5.92 Å². The summed E-state index contributed by atoms with van der Waals surface area (Å²) in [5.74, 6) is -1.62. The van der Waals surface area contributed by atoms with Crippen molar-refractivity contribution in [2.75, 3.05) is 7.11 Å². The van der Waals surface area contributed by atoms with Gasteiger partial charge in [0.1, 0.15) is 18.7 Å². The second-order valence-corrected chi connectivity index (χ2v) is 12.6. The number of nitrogens with one attached hydrogen (secondary N) is 4. The molecule has 4 aromatic rings. The molecule has 0 saturated carbocycles.